The van der Waals surface area contributed by atoms with Crippen molar-refractivity contribution < 1.29 is 57.9 Å². The number of anilines is 1. The fraction of sp³-hybridized carbons (Fsp3) is 0.492. The van der Waals surface area contributed by atoms with Crippen molar-refractivity contribution in [2.45, 2.75) is 124 Å². The van der Waals surface area contributed by atoms with Crippen molar-refractivity contribution >= 4 is 41.3 Å². The molecule has 26 nitrogen and oxygen atoms in total. The Morgan fingerprint density at radius 2 is 1.62 bits per heavy atom. The number of nitrogens with one attached hydrogen (secondary N) is 6. The maximum absolute atomic E-state index is 14.0. The molecular formula is C61H78N14O12. The molecule has 5 heterocycles. The van der Waals surface area contributed by atoms with E-state index in [9.17, 15) is 39.0 Å². The molecule has 87 heavy (non-hydrogen) atoms. The van der Waals surface area contributed by atoms with Crippen LogP contribution < -0.4 is 36.1 Å². The number of carboxylic acids is 1. The van der Waals surface area contributed by atoms with Crippen LogP contribution in [0.4, 0.5) is 10.5 Å². The average molecular weight is 1200 g/mol. The maximum atomic E-state index is 14.0. The summed E-state index contributed by atoms with van der Waals surface area (Å²) in [6, 6.07) is 17.1. The molecule has 26 heteroatoms. The van der Waals surface area contributed by atoms with E-state index in [0.717, 1.165) is 48.2 Å². The molecule has 2 aromatic carbocycles. The molecule has 0 bridgehead atoms. The predicted octanol–water partition coefficient (Wildman–Crippen LogP) is 5.42. The normalized spacial score (nSPS) is 15.2. The van der Waals surface area contributed by atoms with Gasteiger partial charge in [-0.2, -0.15) is 10.2 Å². The summed E-state index contributed by atoms with van der Waals surface area (Å²) in [6.45, 7) is 11.6. The summed E-state index contributed by atoms with van der Waals surface area (Å²) in [5.74, 6) is -0.570. The third kappa shape index (κ3) is 18.4. The van der Waals surface area contributed by atoms with Crippen LogP contribution in [0.2, 0.25) is 0 Å². The molecule has 464 valence electrons. The number of hydrogen-bond acceptors (Lipinski definition) is 16. The van der Waals surface area contributed by atoms with Gasteiger partial charge in [0.05, 0.1) is 63.1 Å². The van der Waals surface area contributed by atoms with Crippen molar-refractivity contribution in [2.24, 2.45) is 23.2 Å². The summed E-state index contributed by atoms with van der Waals surface area (Å²) in [7, 11) is 0. The van der Waals surface area contributed by atoms with Crippen LogP contribution in [0.3, 0.4) is 0 Å². The number of aliphatic carboxylic acids is 1. The Morgan fingerprint density at radius 3 is 2.31 bits per heavy atom. The van der Waals surface area contributed by atoms with E-state index in [-0.39, 0.29) is 92.1 Å². The second kappa shape index (κ2) is 29.1. The molecule has 1 aliphatic heterocycles. The van der Waals surface area contributed by atoms with Gasteiger partial charge < -0.3 is 60.6 Å². The van der Waals surface area contributed by atoms with Gasteiger partial charge in [-0.3, -0.25) is 29.0 Å². The van der Waals surface area contributed by atoms with Gasteiger partial charge in [0.25, 0.3) is 11.8 Å². The fourth-order valence-electron chi connectivity index (χ4n) is 10.3. The van der Waals surface area contributed by atoms with E-state index < -0.39 is 30.1 Å². The number of aliphatic hydroxyl groups is 1. The minimum atomic E-state index is -1.10. The lowest BCUT2D eigenvalue weighted by molar-refractivity contribution is -0.139. The molecule has 6 amide bonds. The lowest BCUT2D eigenvalue weighted by Gasteiger charge is -2.38. The maximum Gasteiger partial charge on any atom is 0.326 e. The quantitative estimate of drug-likeness (QED) is 0.0244. The number of aromatic nitrogens is 8. The summed E-state index contributed by atoms with van der Waals surface area (Å²) in [6.07, 6.45) is 8.81. The monoisotopic (exact) mass is 1200 g/mol. The fourth-order valence-corrected chi connectivity index (χ4v) is 10.3. The minimum Gasteiger partial charge on any atom is -0.487 e. The Labute approximate surface area is 503 Å². The van der Waals surface area contributed by atoms with Gasteiger partial charge >= 0.3 is 12.0 Å². The van der Waals surface area contributed by atoms with Gasteiger partial charge in [0.1, 0.15) is 47.6 Å². The zero-order chi connectivity index (χ0) is 61.6. The highest BCUT2D eigenvalue weighted by Gasteiger charge is 2.48. The van der Waals surface area contributed by atoms with Crippen LogP contribution in [0.1, 0.15) is 104 Å². The smallest absolute Gasteiger partial charge is 0.326 e. The van der Waals surface area contributed by atoms with E-state index in [1.165, 1.54) is 23.0 Å². The van der Waals surface area contributed by atoms with E-state index in [1.807, 2.05) is 58.9 Å². The van der Waals surface area contributed by atoms with Gasteiger partial charge in [0.2, 0.25) is 17.7 Å². The first kappa shape index (κ1) is 62.8. The number of hydrogen-bond donors (Lipinski definition) is 8. The number of carbonyl (C=O) groups is 6. The van der Waals surface area contributed by atoms with Crippen molar-refractivity contribution in [1.29, 1.82) is 0 Å². The molecule has 8 N–H and O–H groups in total. The van der Waals surface area contributed by atoms with Crippen LogP contribution in [0.25, 0.3) is 11.1 Å². The number of rotatable bonds is 32. The van der Waals surface area contributed by atoms with Crippen molar-refractivity contribution in [3.05, 3.63) is 114 Å². The van der Waals surface area contributed by atoms with Crippen LogP contribution in [-0.4, -0.2) is 161 Å². The van der Waals surface area contributed by atoms with Crippen LogP contribution in [0, 0.1) is 37.0 Å². The number of aliphatic hydroxyl groups excluding tert-OH is 1. The molecule has 3 aliphatic rings. The van der Waals surface area contributed by atoms with Crippen molar-refractivity contribution in [3.63, 3.8) is 0 Å². The highest BCUT2D eigenvalue weighted by atomic mass is 16.5. The van der Waals surface area contributed by atoms with E-state index >= 15 is 0 Å². The van der Waals surface area contributed by atoms with Gasteiger partial charge in [0, 0.05) is 61.1 Å². The molecule has 2 saturated carbocycles. The number of likely N-dealkylation sites (tertiary alicyclic amines) is 1. The number of urea groups is 1. The number of nitrogens with zero attached hydrogens (tertiary/aromatic N) is 8. The predicted molar refractivity (Wildman–Crippen MR) is 316 cm³/mol. The number of aromatic amines is 1. The number of benzene rings is 2. The Morgan fingerprint density at radius 1 is 0.874 bits per heavy atom. The van der Waals surface area contributed by atoms with Gasteiger partial charge in [-0.25, -0.2) is 19.3 Å². The topological polar surface area (TPSA) is 333 Å². The molecule has 2 aliphatic carbocycles. The number of carboxylic acid groups (broad SMARTS) is 1. The molecule has 6 aromatic rings. The molecule has 0 spiro atoms. The molecule has 3 fully saturated rings. The molecule has 1 unspecified atom stereocenters. The van der Waals surface area contributed by atoms with Crippen LogP contribution >= 0.6 is 0 Å². The minimum absolute atomic E-state index is 0.0300. The van der Waals surface area contributed by atoms with Crippen LogP contribution in [0.5, 0.6) is 17.4 Å². The molecule has 3 atom stereocenters. The van der Waals surface area contributed by atoms with E-state index in [2.05, 4.69) is 57.2 Å². The second-order valence-electron chi connectivity index (χ2n) is 23.7. The number of carbonyl (C=O) groups excluding carboxylic acids is 5. The highest BCUT2D eigenvalue weighted by Crippen LogP contribution is 2.51. The first-order valence-electron chi connectivity index (χ1n) is 29.5. The van der Waals surface area contributed by atoms with E-state index in [1.54, 1.807) is 52.3 Å². The summed E-state index contributed by atoms with van der Waals surface area (Å²) in [4.78, 5) is 83.8. The molecular weight excluding hydrogens is 1120 g/mol. The third-order valence-electron chi connectivity index (χ3n) is 15.2. The van der Waals surface area contributed by atoms with Crippen molar-refractivity contribution in [2.75, 3.05) is 51.3 Å². The number of amides is 6. The zero-order valence-electron chi connectivity index (χ0n) is 49.7. The van der Waals surface area contributed by atoms with Crippen molar-refractivity contribution in [1.82, 2.24) is 66.1 Å². The Kier molecular flexibility index (Phi) is 21.0. The highest BCUT2D eigenvalue weighted by molar-refractivity contribution is 6.01. The number of H-pyrrole nitrogens is 1. The molecule has 9 rings (SSSR count). The Balaban J connectivity index is 0.607. The first-order valence-corrected chi connectivity index (χ1v) is 29.5. The average Bonchev–Trinajstić information content (AvgIpc) is 3.93. The van der Waals surface area contributed by atoms with Gasteiger partial charge in [-0.15, -0.1) is 5.10 Å². The van der Waals surface area contributed by atoms with Gasteiger partial charge in [-0.05, 0) is 124 Å². The lowest BCUT2D eigenvalue weighted by Crippen LogP contribution is -2.59. The van der Waals surface area contributed by atoms with Gasteiger partial charge in [0.15, 0.2) is 0 Å². The summed E-state index contributed by atoms with van der Waals surface area (Å²) in [5.41, 5.74) is 5.48. The first-order chi connectivity index (χ1) is 41.8. The summed E-state index contributed by atoms with van der Waals surface area (Å²) in [5, 5.41) is 54.2. The largest absolute Gasteiger partial charge is 0.487 e. The van der Waals surface area contributed by atoms with Crippen molar-refractivity contribution in [3.8, 4) is 28.5 Å². The van der Waals surface area contributed by atoms with E-state index in [4.69, 9.17) is 18.9 Å². The number of aryl methyl sites for hydroxylation is 3. The summed E-state index contributed by atoms with van der Waals surface area (Å²) >= 11 is 0. The number of pyridine rings is 1. The summed E-state index contributed by atoms with van der Waals surface area (Å²) < 4.78 is 26.1. The molecule has 1 saturated heterocycles. The molecule has 0 radical (unpaired) electrons. The molecule has 4 aromatic heterocycles. The number of ether oxygens (including phenoxy) is 4. The lowest BCUT2D eigenvalue weighted by atomic mass is 9.88. The second-order valence-corrected chi connectivity index (χ2v) is 23.7. The SMILES string of the molecule is Cc1n[nH]c(C)c1-c1ccc(NC(=O)[C@@H](NC(=O)c2ccnn2CCCNC(=O)Cn2cc(COCCOCC(O)CNC(=O)N3CC(Oc4cccc(Oc5ccc(C(=O)N[C@@H](CCC(C)(C)C)C(=O)O)cn5)c4)C3)nn2)C(C2CC2)C2CC2)cc1. The van der Waals surface area contributed by atoms with Gasteiger partial charge in [-0.1, -0.05) is 44.2 Å². The standard InChI is InChI=1S/C61H78N14O12/c1-37-53(38(2)70-69-37)39-14-17-43(18-15-39)66-58(80)55(54(40-10-11-40)41-12-13-41)68-57(79)50-21-24-65-75(50)25-7-23-62-51(77)34-74-31-44(71-72-74)35-84-26-27-85-36-45(76)30-64-60(83)73-32-48(33-73)86-46-8-6-9-47(28-46)87-52-19-16-42(29-63-52)56(78)67-49(59(81)82)20-22-61(3,4)5/h6,8-9,14-19,21,24,28-29,31,40-41,45,48-49,54-55,76H,7,10-13,20,22-23,25-27,30,32-36H2,1-5H3,(H,62,77)(H,64,83)(H,66,80)(H,67,78)(H,68,79)(H,69,70)(H,81,82)/t45?,49-,55-/m0/s1. The Hall–Kier alpha value is -8.75. The van der Waals surface area contributed by atoms with E-state index in [0.29, 0.717) is 85.9 Å². The zero-order valence-corrected chi connectivity index (χ0v) is 49.7. The van der Waals surface area contributed by atoms with Crippen LogP contribution in [0.15, 0.2) is 85.3 Å². The third-order valence-corrected chi connectivity index (χ3v) is 15.2. The Bertz CT molecular complexity index is 3280. The van der Waals surface area contributed by atoms with Crippen LogP contribution in [-0.2, 0) is 43.6 Å².